The van der Waals surface area contributed by atoms with Crippen LogP contribution in [-0.2, 0) is 6.42 Å². The lowest BCUT2D eigenvalue weighted by Gasteiger charge is -2.09. The van der Waals surface area contributed by atoms with Crippen molar-refractivity contribution in [1.29, 1.82) is 0 Å². The fourth-order valence-corrected chi connectivity index (χ4v) is 2.11. The SMILES string of the molecule is COc1cccc(CCNc2ccc(C(N)=S)cc2F)c1. The predicted octanol–water partition coefficient (Wildman–Crippen LogP) is 3.12. The molecule has 2 aromatic carbocycles. The highest BCUT2D eigenvalue weighted by Gasteiger charge is 2.05. The van der Waals surface area contributed by atoms with Crippen molar-refractivity contribution in [3.05, 3.63) is 59.4 Å². The van der Waals surface area contributed by atoms with Gasteiger partial charge >= 0.3 is 0 Å². The Kier molecular flexibility index (Phi) is 5.11. The van der Waals surface area contributed by atoms with Crippen LogP contribution in [-0.4, -0.2) is 18.6 Å². The Morgan fingerprint density at radius 3 is 2.76 bits per heavy atom. The van der Waals surface area contributed by atoms with Crippen molar-refractivity contribution in [2.45, 2.75) is 6.42 Å². The number of hydrogen-bond acceptors (Lipinski definition) is 3. The van der Waals surface area contributed by atoms with E-state index >= 15 is 0 Å². The molecule has 0 atom stereocenters. The number of anilines is 1. The lowest BCUT2D eigenvalue weighted by molar-refractivity contribution is 0.414. The van der Waals surface area contributed by atoms with Crippen LogP contribution in [0, 0.1) is 5.82 Å². The molecular formula is C16H17FN2OS. The largest absolute Gasteiger partial charge is 0.497 e. The summed E-state index contributed by atoms with van der Waals surface area (Å²) >= 11 is 4.82. The van der Waals surface area contributed by atoms with Crippen LogP contribution >= 0.6 is 12.2 Å². The number of nitrogens with one attached hydrogen (secondary N) is 1. The summed E-state index contributed by atoms with van der Waals surface area (Å²) < 4.78 is 19.0. The quantitative estimate of drug-likeness (QED) is 0.805. The third-order valence-electron chi connectivity index (χ3n) is 3.12. The average molecular weight is 304 g/mol. The number of nitrogens with two attached hydrogens (primary N) is 1. The van der Waals surface area contributed by atoms with Gasteiger partial charge in [-0.1, -0.05) is 24.4 Å². The first-order chi connectivity index (χ1) is 10.1. The second kappa shape index (κ2) is 7.04. The van der Waals surface area contributed by atoms with Crippen molar-refractivity contribution in [3.8, 4) is 5.75 Å². The molecule has 0 radical (unpaired) electrons. The van der Waals surface area contributed by atoms with Crippen molar-refractivity contribution >= 4 is 22.9 Å². The van der Waals surface area contributed by atoms with Crippen LogP contribution in [0.1, 0.15) is 11.1 Å². The van der Waals surface area contributed by atoms with E-state index in [1.54, 1.807) is 19.2 Å². The van der Waals surface area contributed by atoms with E-state index < -0.39 is 0 Å². The van der Waals surface area contributed by atoms with Gasteiger partial charge in [0, 0.05) is 12.1 Å². The summed E-state index contributed by atoms with van der Waals surface area (Å²) in [4.78, 5) is 0.192. The number of halogens is 1. The molecular weight excluding hydrogens is 287 g/mol. The zero-order chi connectivity index (χ0) is 15.2. The van der Waals surface area contributed by atoms with E-state index in [1.165, 1.54) is 6.07 Å². The van der Waals surface area contributed by atoms with E-state index in [0.29, 0.717) is 17.8 Å². The minimum atomic E-state index is -0.356. The van der Waals surface area contributed by atoms with Gasteiger partial charge in [-0.05, 0) is 42.3 Å². The Hall–Kier alpha value is -2.14. The van der Waals surface area contributed by atoms with Gasteiger partial charge < -0.3 is 15.8 Å². The highest BCUT2D eigenvalue weighted by Crippen LogP contribution is 2.17. The summed E-state index contributed by atoms with van der Waals surface area (Å²) in [5.41, 5.74) is 7.57. The summed E-state index contributed by atoms with van der Waals surface area (Å²) in [6, 6.07) is 12.5. The molecule has 0 unspecified atom stereocenters. The smallest absolute Gasteiger partial charge is 0.146 e. The summed E-state index contributed by atoms with van der Waals surface area (Å²) in [5, 5.41) is 3.07. The maximum atomic E-state index is 13.9. The van der Waals surface area contributed by atoms with Gasteiger partial charge in [0.2, 0.25) is 0 Å². The molecule has 21 heavy (non-hydrogen) atoms. The summed E-state index contributed by atoms with van der Waals surface area (Å²) in [6.07, 6.45) is 0.772. The number of thiocarbonyl (C=S) groups is 1. The zero-order valence-electron chi connectivity index (χ0n) is 11.7. The van der Waals surface area contributed by atoms with Crippen LogP contribution in [0.2, 0.25) is 0 Å². The number of ether oxygens (including phenoxy) is 1. The lowest BCUT2D eigenvalue weighted by atomic mass is 10.1. The molecule has 0 saturated heterocycles. The third kappa shape index (κ3) is 4.16. The Balaban J connectivity index is 1.95. The Labute approximate surface area is 128 Å². The first kappa shape index (κ1) is 15.3. The van der Waals surface area contributed by atoms with Crippen molar-refractivity contribution in [3.63, 3.8) is 0 Å². The maximum Gasteiger partial charge on any atom is 0.146 e. The standard InChI is InChI=1S/C16H17FN2OS/c1-20-13-4-2-3-11(9-13)7-8-19-15-6-5-12(16(18)21)10-14(15)17/h2-6,9-10,19H,7-8H2,1H3,(H2,18,21). The molecule has 0 aliphatic rings. The van der Waals surface area contributed by atoms with Crippen molar-refractivity contribution in [2.24, 2.45) is 5.73 Å². The average Bonchev–Trinajstić information content (AvgIpc) is 2.49. The van der Waals surface area contributed by atoms with Gasteiger partial charge in [-0.15, -0.1) is 0 Å². The Bertz CT molecular complexity index is 646. The molecule has 0 saturated carbocycles. The van der Waals surface area contributed by atoms with Crippen LogP contribution in [0.4, 0.5) is 10.1 Å². The molecule has 110 valence electrons. The number of methoxy groups -OCH3 is 1. The van der Waals surface area contributed by atoms with Gasteiger partial charge in [-0.3, -0.25) is 0 Å². The van der Waals surface area contributed by atoms with Crippen molar-refractivity contribution < 1.29 is 9.13 Å². The normalized spacial score (nSPS) is 10.2. The van der Waals surface area contributed by atoms with E-state index in [0.717, 1.165) is 17.7 Å². The van der Waals surface area contributed by atoms with E-state index in [1.807, 2.05) is 24.3 Å². The molecule has 3 N–H and O–H groups in total. The molecule has 0 aliphatic carbocycles. The van der Waals surface area contributed by atoms with Gasteiger partial charge in [0.15, 0.2) is 0 Å². The maximum absolute atomic E-state index is 13.9. The van der Waals surface area contributed by atoms with Crippen LogP contribution in [0.15, 0.2) is 42.5 Å². The minimum Gasteiger partial charge on any atom is -0.497 e. The molecule has 0 amide bonds. The van der Waals surface area contributed by atoms with Gasteiger partial charge in [-0.25, -0.2) is 4.39 Å². The number of benzene rings is 2. The summed E-state index contributed by atoms with van der Waals surface area (Å²) in [5.74, 6) is 0.463. The molecule has 0 heterocycles. The second-order valence-corrected chi connectivity index (χ2v) is 5.03. The van der Waals surface area contributed by atoms with Gasteiger partial charge in [-0.2, -0.15) is 0 Å². The van der Waals surface area contributed by atoms with Crippen LogP contribution in [0.25, 0.3) is 0 Å². The molecule has 0 aliphatic heterocycles. The molecule has 0 aromatic heterocycles. The summed E-state index contributed by atoms with van der Waals surface area (Å²) in [6.45, 7) is 0.622. The molecule has 2 aromatic rings. The van der Waals surface area contributed by atoms with Crippen LogP contribution in [0.5, 0.6) is 5.75 Å². The van der Waals surface area contributed by atoms with E-state index in [2.05, 4.69) is 5.32 Å². The molecule has 0 spiro atoms. The molecule has 0 bridgehead atoms. The van der Waals surface area contributed by atoms with E-state index in [-0.39, 0.29) is 10.8 Å². The number of hydrogen-bond donors (Lipinski definition) is 2. The third-order valence-corrected chi connectivity index (χ3v) is 3.35. The Morgan fingerprint density at radius 1 is 1.29 bits per heavy atom. The van der Waals surface area contributed by atoms with Gasteiger partial charge in [0.05, 0.1) is 12.8 Å². The Morgan fingerprint density at radius 2 is 2.10 bits per heavy atom. The number of rotatable bonds is 6. The molecule has 5 heteroatoms. The topological polar surface area (TPSA) is 47.3 Å². The highest BCUT2D eigenvalue weighted by molar-refractivity contribution is 7.80. The summed E-state index contributed by atoms with van der Waals surface area (Å²) in [7, 11) is 1.64. The monoisotopic (exact) mass is 304 g/mol. The minimum absolute atomic E-state index is 0.192. The molecule has 0 fully saturated rings. The van der Waals surface area contributed by atoms with Crippen molar-refractivity contribution in [1.82, 2.24) is 0 Å². The first-order valence-electron chi connectivity index (χ1n) is 6.56. The van der Waals surface area contributed by atoms with Gasteiger partial charge in [0.25, 0.3) is 0 Å². The van der Waals surface area contributed by atoms with Gasteiger partial charge in [0.1, 0.15) is 16.6 Å². The first-order valence-corrected chi connectivity index (χ1v) is 6.97. The van der Waals surface area contributed by atoms with E-state index in [4.69, 9.17) is 22.7 Å². The second-order valence-electron chi connectivity index (χ2n) is 4.59. The van der Waals surface area contributed by atoms with Crippen LogP contribution < -0.4 is 15.8 Å². The molecule has 3 nitrogen and oxygen atoms in total. The van der Waals surface area contributed by atoms with E-state index in [9.17, 15) is 4.39 Å². The van der Waals surface area contributed by atoms with Crippen LogP contribution in [0.3, 0.4) is 0 Å². The fraction of sp³-hybridized carbons (Fsp3) is 0.188. The zero-order valence-corrected chi connectivity index (χ0v) is 12.5. The highest BCUT2D eigenvalue weighted by atomic mass is 32.1. The molecule has 2 rings (SSSR count). The lowest BCUT2D eigenvalue weighted by Crippen LogP contribution is -2.11. The van der Waals surface area contributed by atoms with Crippen molar-refractivity contribution in [2.75, 3.05) is 19.0 Å². The fourth-order valence-electron chi connectivity index (χ4n) is 1.98. The predicted molar refractivity (Wildman–Crippen MR) is 87.5 cm³/mol.